The highest BCUT2D eigenvalue weighted by Crippen LogP contribution is 2.39. The molecule has 1 heteroatoms. The van der Waals surface area contributed by atoms with E-state index in [1.54, 1.807) is 0 Å². The van der Waals surface area contributed by atoms with E-state index >= 15 is 0 Å². The van der Waals surface area contributed by atoms with Crippen LogP contribution in [0.15, 0.2) is 0 Å². The lowest BCUT2D eigenvalue weighted by Gasteiger charge is -2.13. The van der Waals surface area contributed by atoms with Gasteiger partial charge in [0.05, 0.1) is 13.8 Å². The summed E-state index contributed by atoms with van der Waals surface area (Å²) in [5, 5.41) is 0.504. The van der Waals surface area contributed by atoms with E-state index in [2.05, 4.69) is 34.0 Å². The van der Waals surface area contributed by atoms with Crippen LogP contribution in [-0.4, -0.2) is 17.6 Å². The van der Waals surface area contributed by atoms with Gasteiger partial charge >= 0.3 is 0 Å². The zero-order valence-corrected chi connectivity index (χ0v) is 7.96. The molecular weight excluding hydrogens is 127 g/mol. The maximum atomic E-state index is 4.16. The Hall–Kier alpha value is 0.170. The Labute approximate surface area is 60.1 Å². The van der Waals surface area contributed by atoms with Crippen LogP contribution in [0.25, 0.3) is 0 Å². The quantitative estimate of drug-likeness (QED) is 0.535. The Morgan fingerprint density at radius 3 is 1.89 bits per heavy atom. The Morgan fingerprint density at radius 1 is 1.33 bits per heavy atom. The summed E-state index contributed by atoms with van der Waals surface area (Å²) in [4.78, 5) is 0. The minimum absolute atomic E-state index is 0.0283. The van der Waals surface area contributed by atoms with Gasteiger partial charge < -0.3 is 0 Å². The maximum absolute atomic E-state index is 4.16. The lowest BCUT2D eigenvalue weighted by atomic mass is 10.1. The molecule has 0 heterocycles. The Bertz CT molecular complexity index is 103. The average Bonchev–Trinajstić information content (AvgIpc) is 1.86. The molecule has 0 nitrogen and oxygen atoms in total. The average molecular weight is 145 g/mol. The van der Waals surface area contributed by atoms with Gasteiger partial charge in [0.1, 0.15) is 11.3 Å². The molecule has 0 aromatic rings. The Balaban J connectivity index is 3.97. The maximum Gasteiger partial charge on any atom is 0.120 e. The van der Waals surface area contributed by atoms with E-state index in [9.17, 15) is 0 Å². The monoisotopic (exact) mass is 145 g/mol. The fourth-order valence-corrected chi connectivity index (χ4v) is 1.95. The van der Waals surface area contributed by atoms with E-state index in [4.69, 9.17) is 0 Å². The molecule has 54 valence electrons. The molecule has 0 spiro atoms. The molecule has 0 aliphatic heterocycles. The van der Waals surface area contributed by atoms with Crippen LogP contribution in [-0.2, 0) is 0 Å². The summed E-state index contributed by atoms with van der Waals surface area (Å²) < 4.78 is 0. The summed E-state index contributed by atoms with van der Waals surface area (Å²) in [6, 6.07) is 0. The van der Waals surface area contributed by atoms with Crippen molar-refractivity contribution in [2.24, 2.45) is 0 Å². The normalized spacial score (nSPS) is 13.6. The number of rotatable bonds is 3. The lowest BCUT2D eigenvalue weighted by Crippen LogP contribution is -2.12. The van der Waals surface area contributed by atoms with Crippen LogP contribution in [0.1, 0.15) is 34.1 Å². The fraction of sp³-hybridized carbons (Fsp3) is 0.875. The molecule has 0 aliphatic rings. The molecule has 0 radical (unpaired) electrons. The molecule has 9 heavy (non-hydrogen) atoms. The van der Waals surface area contributed by atoms with Crippen molar-refractivity contribution in [2.45, 2.75) is 39.3 Å². The summed E-state index contributed by atoms with van der Waals surface area (Å²) in [5.74, 6) is 0. The van der Waals surface area contributed by atoms with Crippen LogP contribution >= 0.6 is 7.55 Å². The van der Waals surface area contributed by atoms with Crippen LogP contribution in [0.5, 0.6) is 0 Å². The van der Waals surface area contributed by atoms with Gasteiger partial charge in [-0.1, -0.05) is 6.92 Å². The zero-order valence-electron chi connectivity index (χ0n) is 7.07. The van der Waals surface area contributed by atoms with Crippen LogP contribution in [0.2, 0.25) is 0 Å². The number of hydrogen-bond donors (Lipinski definition) is 0. The Kier molecular flexibility index (Phi) is 3.43. The van der Waals surface area contributed by atoms with E-state index < -0.39 is 0 Å². The van der Waals surface area contributed by atoms with Gasteiger partial charge in [-0.15, -0.1) is 0 Å². The van der Waals surface area contributed by atoms with Gasteiger partial charge in [0.15, 0.2) is 0 Å². The molecule has 0 saturated carbocycles. The second-order valence-corrected chi connectivity index (χ2v) is 5.94. The van der Waals surface area contributed by atoms with Crippen molar-refractivity contribution < 1.29 is 0 Å². The van der Waals surface area contributed by atoms with Crippen molar-refractivity contribution in [3.63, 3.8) is 0 Å². The molecule has 0 amide bonds. The van der Waals surface area contributed by atoms with E-state index in [0.29, 0.717) is 5.16 Å². The molecule has 0 rings (SSSR count). The van der Waals surface area contributed by atoms with Gasteiger partial charge in [0, 0.05) is 0 Å². The summed E-state index contributed by atoms with van der Waals surface area (Å²) in [5.41, 5.74) is 0. The molecule has 0 aromatic carbocycles. The third-order valence-corrected chi connectivity index (χ3v) is 4.89. The molecule has 0 aromatic heterocycles. The molecule has 1 atom stereocenters. The highest BCUT2D eigenvalue weighted by molar-refractivity contribution is 7.57. The molecule has 0 bridgehead atoms. The minimum atomic E-state index is 0.0283. The first-order valence-corrected chi connectivity index (χ1v) is 5.34. The highest BCUT2D eigenvalue weighted by atomic mass is 31.1. The third-order valence-electron chi connectivity index (χ3n) is 2.10. The fourth-order valence-electron chi connectivity index (χ4n) is 0.652. The van der Waals surface area contributed by atoms with Crippen LogP contribution in [0, 0.1) is 0 Å². The number of hydrogen-bond acceptors (Lipinski definition) is 0. The van der Waals surface area contributed by atoms with Gasteiger partial charge in [-0.25, -0.2) is 0 Å². The van der Waals surface area contributed by atoms with Gasteiger partial charge in [-0.3, -0.25) is 0 Å². The van der Waals surface area contributed by atoms with Gasteiger partial charge in [0.25, 0.3) is 0 Å². The van der Waals surface area contributed by atoms with Crippen LogP contribution in [0.3, 0.4) is 0 Å². The summed E-state index contributed by atoms with van der Waals surface area (Å²) in [7, 11) is 0.0283. The largest absolute Gasteiger partial charge is 0.120 e. The molecule has 0 fully saturated rings. The second kappa shape index (κ2) is 3.37. The predicted molar refractivity (Wildman–Crippen MR) is 49.0 cm³/mol. The first kappa shape index (κ1) is 9.17. The van der Waals surface area contributed by atoms with Crippen molar-refractivity contribution in [1.82, 2.24) is 0 Å². The van der Waals surface area contributed by atoms with Crippen molar-refractivity contribution in [1.29, 1.82) is 0 Å². The van der Waals surface area contributed by atoms with Crippen molar-refractivity contribution in [3.05, 3.63) is 0 Å². The minimum Gasteiger partial charge on any atom is -0.0609 e. The highest BCUT2D eigenvalue weighted by Gasteiger charge is 2.27. The van der Waals surface area contributed by atoms with Crippen molar-refractivity contribution in [2.75, 3.05) is 6.16 Å². The van der Waals surface area contributed by atoms with Gasteiger partial charge in [-0.2, -0.15) is 0 Å². The summed E-state index contributed by atoms with van der Waals surface area (Å²) >= 11 is 0. The van der Waals surface area contributed by atoms with E-state index in [1.165, 1.54) is 12.6 Å². The van der Waals surface area contributed by atoms with E-state index in [1.807, 2.05) is 0 Å². The zero-order chi connectivity index (χ0) is 7.49. The molecule has 0 aliphatic carbocycles. The standard InChI is InChI=1S/C8H18P/c1-6-8(3,4)9(5)7-2/h5-7H2,1-4H3/q+1. The van der Waals surface area contributed by atoms with E-state index in [-0.39, 0.29) is 7.55 Å². The molecule has 0 saturated heterocycles. The Morgan fingerprint density at radius 2 is 1.78 bits per heavy atom. The summed E-state index contributed by atoms with van der Waals surface area (Å²) in [6.45, 7) is 9.11. The first-order chi connectivity index (χ1) is 4.04. The van der Waals surface area contributed by atoms with Gasteiger partial charge in [0.2, 0.25) is 0 Å². The summed E-state index contributed by atoms with van der Waals surface area (Å²) in [6.07, 6.45) is 6.68. The SMILES string of the molecule is C=[P+](CC)C(C)(C)CC. The topological polar surface area (TPSA) is 0 Å². The first-order valence-electron chi connectivity index (χ1n) is 3.62. The molecule has 1 unspecified atom stereocenters. The molecule has 0 N–H and O–H groups in total. The van der Waals surface area contributed by atoms with E-state index in [0.717, 1.165) is 0 Å². The molecular formula is C8H18P+. The van der Waals surface area contributed by atoms with Crippen LogP contribution < -0.4 is 0 Å². The third kappa shape index (κ3) is 2.49. The van der Waals surface area contributed by atoms with Crippen molar-refractivity contribution >= 4 is 13.8 Å². The van der Waals surface area contributed by atoms with Crippen molar-refractivity contribution in [3.8, 4) is 0 Å². The smallest absolute Gasteiger partial charge is 0.0609 e. The van der Waals surface area contributed by atoms with Gasteiger partial charge in [-0.05, 0) is 27.2 Å². The predicted octanol–water partition coefficient (Wildman–Crippen LogP) is 3.11. The van der Waals surface area contributed by atoms with Crippen LogP contribution in [0.4, 0.5) is 0 Å². The lowest BCUT2D eigenvalue weighted by molar-refractivity contribution is 0.676. The second-order valence-electron chi connectivity index (χ2n) is 3.02.